The fraction of sp³-hybridized carbons (Fsp3) is 0.564. The molecule has 4 aliphatic rings. The van der Waals surface area contributed by atoms with Gasteiger partial charge in [-0.2, -0.15) is 18.4 Å². The molecule has 3 aliphatic heterocycles. The number of benzene rings is 1. The average molecular weight is 797 g/mol. The van der Waals surface area contributed by atoms with Gasteiger partial charge in [-0.25, -0.2) is 4.98 Å². The number of carbonyl (C=O) groups is 4. The summed E-state index contributed by atoms with van der Waals surface area (Å²) in [6.07, 6.45) is 0.349. The molecule has 1 aliphatic carbocycles. The van der Waals surface area contributed by atoms with Gasteiger partial charge in [-0.1, -0.05) is 0 Å². The van der Waals surface area contributed by atoms with Crippen molar-refractivity contribution in [1.29, 1.82) is 5.26 Å². The van der Waals surface area contributed by atoms with Gasteiger partial charge in [0.25, 0.3) is 5.91 Å². The van der Waals surface area contributed by atoms with E-state index in [9.17, 15) is 37.6 Å². The average Bonchev–Trinajstić information content (AvgIpc) is 3.31. The Morgan fingerprint density at radius 3 is 2.41 bits per heavy atom. The monoisotopic (exact) mass is 796 g/mol. The predicted molar refractivity (Wildman–Crippen MR) is 204 cm³/mol. The third kappa shape index (κ3) is 8.73. The van der Waals surface area contributed by atoms with E-state index in [0.29, 0.717) is 37.3 Å². The molecule has 4 fully saturated rings. The molecule has 1 unspecified atom stereocenters. The summed E-state index contributed by atoms with van der Waals surface area (Å²) >= 11 is 5.73. The van der Waals surface area contributed by atoms with Gasteiger partial charge in [0.05, 0.1) is 48.1 Å². The van der Waals surface area contributed by atoms with E-state index in [1.54, 1.807) is 38.2 Å². The minimum absolute atomic E-state index is 0.0155. The van der Waals surface area contributed by atoms with Crippen LogP contribution in [-0.4, -0.2) is 111 Å². The minimum Gasteiger partial charge on any atom is -0.377 e. The highest BCUT2D eigenvalue weighted by Gasteiger charge is 2.52. The van der Waals surface area contributed by atoms with Crippen molar-refractivity contribution < 1.29 is 37.1 Å². The molecule has 3 atom stereocenters. The molecule has 4 amide bonds. The van der Waals surface area contributed by atoms with Crippen LogP contribution in [0.5, 0.6) is 0 Å². The molecule has 0 radical (unpaired) electrons. The molecular formula is C39H47F3N8O5S. The van der Waals surface area contributed by atoms with Gasteiger partial charge in [-0.3, -0.25) is 39.2 Å². The smallest absolute Gasteiger partial charge is 0.377 e. The number of piperidine rings is 1. The topological polar surface area (TPSA) is 151 Å². The van der Waals surface area contributed by atoms with E-state index in [4.69, 9.17) is 17.0 Å². The van der Waals surface area contributed by atoms with Crippen molar-refractivity contribution in [3.05, 3.63) is 53.2 Å². The number of nitriles is 1. The maximum Gasteiger partial charge on any atom is 0.417 e. The molecule has 1 saturated carbocycles. The van der Waals surface area contributed by atoms with Gasteiger partial charge in [-0.05, 0) is 108 Å². The number of hydrogen-bond acceptors (Lipinski definition) is 10. The molecule has 300 valence electrons. The Balaban J connectivity index is 0.954. The molecule has 2 N–H and O–H groups in total. The zero-order valence-corrected chi connectivity index (χ0v) is 32.7. The molecule has 2 aromatic rings. The second kappa shape index (κ2) is 16.5. The lowest BCUT2D eigenvalue weighted by Crippen LogP contribution is -2.58. The summed E-state index contributed by atoms with van der Waals surface area (Å²) in [4.78, 5) is 62.3. The van der Waals surface area contributed by atoms with E-state index < -0.39 is 34.7 Å². The Morgan fingerprint density at radius 1 is 1.07 bits per heavy atom. The summed E-state index contributed by atoms with van der Waals surface area (Å²) < 4.78 is 47.5. The molecule has 1 aromatic carbocycles. The number of hydrogen-bond donors (Lipinski definition) is 2. The fourth-order valence-corrected chi connectivity index (χ4v) is 9.09. The zero-order chi connectivity index (χ0) is 40.5. The molecule has 56 heavy (non-hydrogen) atoms. The van der Waals surface area contributed by atoms with Crippen molar-refractivity contribution in [3.8, 4) is 6.07 Å². The number of ether oxygens (including phenoxy) is 1. The van der Waals surface area contributed by atoms with Crippen LogP contribution < -0.4 is 15.5 Å². The van der Waals surface area contributed by atoms with E-state index in [1.807, 2.05) is 4.90 Å². The Kier molecular flexibility index (Phi) is 12.1. The number of carbonyl (C=O) groups excluding carboxylic acids is 4. The number of nitrogens with zero attached hydrogens (tertiary/aromatic N) is 6. The Bertz CT molecular complexity index is 1900. The Hall–Kier alpha value is -4.50. The van der Waals surface area contributed by atoms with Gasteiger partial charge in [-0.15, -0.1) is 0 Å². The first-order valence-electron chi connectivity index (χ1n) is 19.0. The highest BCUT2D eigenvalue weighted by Crippen LogP contribution is 2.41. The zero-order valence-electron chi connectivity index (χ0n) is 31.9. The maximum absolute atomic E-state index is 13.7. The van der Waals surface area contributed by atoms with Gasteiger partial charge in [0.15, 0.2) is 5.11 Å². The number of nitrogens with one attached hydrogen (secondary N) is 2. The fourth-order valence-electron chi connectivity index (χ4n) is 8.52. The van der Waals surface area contributed by atoms with Crippen molar-refractivity contribution >= 4 is 52.5 Å². The standard InChI is InChI=1S/C39H47F3N8O5S/c1-23-20-47(21-24(2)48(23)22-34(52)45-32-17-25(13-14-44-32)30-11-12-33(51)46-35(30)53)15-16-55-29-9-7-27(8-10-29)50-37(56)49(36(54)38(50,3)4)28-6-5-26(19-43)31(18-28)39(40,41)42/h5-6,13-14,17-18,23-24,27,29-30H,7-12,15-16,20-22H2,1-4H3,(H,44,45,52)(H,46,51,53)/t23-,24+,27?,29?,30?. The number of halogens is 3. The first kappa shape index (κ1) is 41.1. The third-order valence-electron chi connectivity index (χ3n) is 11.4. The summed E-state index contributed by atoms with van der Waals surface area (Å²) in [5, 5.41) is 14.6. The van der Waals surface area contributed by atoms with Crippen LogP contribution >= 0.6 is 12.2 Å². The normalized spacial score (nSPS) is 26.3. The molecule has 0 spiro atoms. The number of piperazine rings is 1. The molecular weight excluding hydrogens is 750 g/mol. The quantitative estimate of drug-likeness (QED) is 0.257. The predicted octanol–water partition coefficient (Wildman–Crippen LogP) is 4.57. The molecule has 6 rings (SSSR count). The highest BCUT2D eigenvalue weighted by atomic mass is 32.1. The maximum atomic E-state index is 13.7. The van der Waals surface area contributed by atoms with E-state index in [1.165, 1.54) is 6.07 Å². The second-order valence-corrected chi connectivity index (χ2v) is 16.0. The van der Waals surface area contributed by atoms with Crippen LogP contribution in [0.4, 0.5) is 24.7 Å². The number of alkyl halides is 3. The summed E-state index contributed by atoms with van der Waals surface area (Å²) in [5.74, 6) is -1.37. The van der Waals surface area contributed by atoms with Crippen LogP contribution in [0, 0.1) is 11.3 Å². The third-order valence-corrected chi connectivity index (χ3v) is 11.8. The largest absolute Gasteiger partial charge is 0.417 e. The molecule has 0 bridgehead atoms. The van der Waals surface area contributed by atoms with Crippen molar-refractivity contribution in [2.45, 2.75) is 108 Å². The second-order valence-electron chi connectivity index (χ2n) is 15.6. The first-order valence-corrected chi connectivity index (χ1v) is 19.4. The lowest BCUT2D eigenvalue weighted by atomic mass is 9.89. The van der Waals surface area contributed by atoms with Crippen LogP contribution in [0.25, 0.3) is 0 Å². The van der Waals surface area contributed by atoms with Crippen molar-refractivity contribution in [3.63, 3.8) is 0 Å². The number of amides is 4. The minimum atomic E-state index is -4.77. The van der Waals surface area contributed by atoms with Crippen molar-refractivity contribution in [2.24, 2.45) is 0 Å². The van der Waals surface area contributed by atoms with Gasteiger partial charge < -0.3 is 15.0 Å². The number of pyridine rings is 1. The number of anilines is 2. The first-order chi connectivity index (χ1) is 26.5. The summed E-state index contributed by atoms with van der Waals surface area (Å²) in [7, 11) is 0. The van der Waals surface area contributed by atoms with Crippen molar-refractivity contribution in [2.75, 3.05) is 43.0 Å². The highest BCUT2D eigenvalue weighted by molar-refractivity contribution is 7.80. The molecule has 3 saturated heterocycles. The molecule has 17 heteroatoms. The number of rotatable bonds is 10. The van der Waals surface area contributed by atoms with Gasteiger partial charge in [0.2, 0.25) is 17.7 Å². The van der Waals surface area contributed by atoms with Crippen molar-refractivity contribution in [1.82, 2.24) is 25.0 Å². The number of imide groups is 1. The van der Waals surface area contributed by atoms with E-state index in [2.05, 4.69) is 39.3 Å². The molecule has 13 nitrogen and oxygen atoms in total. The van der Waals surface area contributed by atoms with E-state index in [-0.39, 0.29) is 65.7 Å². The van der Waals surface area contributed by atoms with E-state index >= 15 is 0 Å². The Labute approximate surface area is 329 Å². The number of aromatic nitrogens is 1. The van der Waals surface area contributed by atoms with Crippen LogP contribution in [-0.2, 0) is 30.1 Å². The van der Waals surface area contributed by atoms with Gasteiger partial charge in [0, 0.05) is 50.4 Å². The van der Waals surface area contributed by atoms with Crippen LogP contribution in [0.2, 0.25) is 0 Å². The Morgan fingerprint density at radius 2 is 1.77 bits per heavy atom. The van der Waals surface area contributed by atoms with Crippen LogP contribution in [0.15, 0.2) is 36.5 Å². The lowest BCUT2D eigenvalue weighted by molar-refractivity contribution is -0.138. The summed E-state index contributed by atoms with van der Waals surface area (Å²) in [6, 6.07) is 8.30. The van der Waals surface area contributed by atoms with Gasteiger partial charge >= 0.3 is 6.18 Å². The lowest BCUT2D eigenvalue weighted by Gasteiger charge is -2.44. The summed E-state index contributed by atoms with van der Waals surface area (Å²) in [6.45, 7) is 10.6. The SMILES string of the molecule is C[C@@H]1CN(CCOC2CCC(N3C(=S)N(c4ccc(C#N)c(C(F)(F)F)c4)C(=O)C3(C)C)CC2)C[C@H](C)N1CC(=O)Nc1cc(C2CCC(=O)NC2=O)ccn1. The van der Waals surface area contributed by atoms with Crippen LogP contribution in [0.1, 0.15) is 88.8 Å². The molecule has 4 heterocycles. The van der Waals surface area contributed by atoms with E-state index in [0.717, 1.165) is 49.5 Å². The van der Waals surface area contributed by atoms with Crippen LogP contribution in [0.3, 0.4) is 0 Å². The summed E-state index contributed by atoms with van der Waals surface area (Å²) in [5.41, 5.74) is -2.02. The van der Waals surface area contributed by atoms with Gasteiger partial charge in [0.1, 0.15) is 11.4 Å². The molecule has 1 aromatic heterocycles. The number of thiocarbonyl (C=S) groups is 1.